The van der Waals surface area contributed by atoms with Gasteiger partial charge in [0.2, 0.25) is 5.91 Å². The van der Waals surface area contributed by atoms with Crippen molar-refractivity contribution in [2.45, 2.75) is 19.4 Å². The topological polar surface area (TPSA) is 32.3 Å². The summed E-state index contributed by atoms with van der Waals surface area (Å²) in [4.78, 5) is 13.9. The van der Waals surface area contributed by atoms with Crippen molar-refractivity contribution in [2.75, 3.05) is 20.1 Å². The van der Waals surface area contributed by atoms with Gasteiger partial charge in [-0.1, -0.05) is 29.3 Å². The fourth-order valence-corrected chi connectivity index (χ4v) is 2.72. The number of halogens is 2. The van der Waals surface area contributed by atoms with Crippen molar-refractivity contribution in [1.82, 2.24) is 10.2 Å². The van der Waals surface area contributed by atoms with Gasteiger partial charge in [-0.15, -0.1) is 0 Å². The second-order valence-electron chi connectivity index (χ2n) is 5.07. The minimum absolute atomic E-state index is 0.0506. The summed E-state index contributed by atoms with van der Waals surface area (Å²) >= 11 is 12.1. The molecule has 1 N–H and O–H groups in total. The molecular formula is C14H18Cl2N2O. The second kappa shape index (κ2) is 6.12. The van der Waals surface area contributed by atoms with Crippen LogP contribution in [0, 0.1) is 5.92 Å². The van der Waals surface area contributed by atoms with E-state index in [4.69, 9.17) is 23.2 Å². The van der Waals surface area contributed by atoms with Gasteiger partial charge in [0.25, 0.3) is 0 Å². The Morgan fingerprint density at radius 2 is 2.16 bits per heavy atom. The standard InChI is InChI=1S/C14H18Cl2N2O/c1-9(12-4-3-11(15)6-13(12)16)18(2)14(19)5-10-7-17-8-10/h3-4,6,9-10,17H,5,7-8H2,1-2H3. The first-order valence-corrected chi connectivity index (χ1v) is 7.16. The SMILES string of the molecule is CC(c1ccc(Cl)cc1Cl)N(C)C(=O)CC1CNC1. The van der Waals surface area contributed by atoms with Crippen LogP contribution in [-0.2, 0) is 4.79 Å². The Balaban J connectivity index is 2.04. The third-order valence-corrected chi connectivity index (χ3v) is 4.28. The van der Waals surface area contributed by atoms with Crippen molar-refractivity contribution in [1.29, 1.82) is 0 Å². The summed E-state index contributed by atoms with van der Waals surface area (Å²) < 4.78 is 0. The van der Waals surface area contributed by atoms with Gasteiger partial charge in [-0.05, 0) is 43.6 Å². The first-order chi connectivity index (χ1) is 8.99. The van der Waals surface area contributed by atoms with Crippen molar-refractivity contribution in [3.05, 3.63) is 33.8 Å². The van der Waals surface area contributed by atoms with E-state index in [1.165, 1.54) is 0 Å². The highest BCUT2D eigenvalue weighted by atomic mass is 35.5. The summed E-state index contributed by atoms with van der Waals surface area (Å²) in [6.07, 6.45) is 0.596. The van der Waals surface area contributed by atoms with Gasteiger partial charge in [0.05, 0.1) is 6.04 Å². The van der Waals surface area contributed by atoms with Gasteiger partial charge in [0.1, 0.15) is 0 Å². The molecule has 0 radical (unpaired) electrons. The van der Waals surface area contributed by atoms with Gasteiger partial charge in [0, 0.05) is 23.5 Å². The summed E-state index contributed by atoms with van der Waals surface area (Å²) in [5.41, 5.74) is 0.925. The molecule has 19 heavy (non-hydrogen) atoms. The zero-order valence-electron chi connectivity index (χ0n) is 11.1. The number of nitrogens with one attached hydrogen (secondary N) is 1. The molecule has 1 aliphatic rings. The molecule has 1 amide bonds. The quantitative estimate of drug-likeness (QED) is 0.926. The van der Waals surface area contributed by atoms with E-state index in [0.29, 0.717) is 22.4 Å². The zero-order chi connectivity index (χ0) is 14.0. The lowest BCUT2D eigenvalue weighted by molar-refractivity contribution is -0.133. The maximum Gasteiger partial charge on any atom is 0.223 e. The Hall–Kier alpha value is -0.770. The lowest BCUT2D eigenvalue weighted by Crippen LogP contribution is -2.45. The van der Waals surface area contributed by atoms with Gasteiger partial charge in [0.15, 0.2) is 0 Å². The molecule has 1 aliphatic heterocycles. The van der Waals surface area contributed by atoms with Crippen molar-refractivity contribution in [3.63, 3.8) is 0 Å². The third kappa shape index (κ3) is 3.41. The predicted octanol–water partition coefficient (Wildman–Crippen LogP) is 3.12. The van der Waals surface area contributed by atoms with E-state index in [2.05, 4.69) is 5.32 Å². The molecule has 104 valence electrons. The summed E-state index contributed by atoms with van der Waals surface area (Å²) in [6, 6.07) is 5.34. The van der Waals surface area contributed by atoms with Crippen LogP contribution in [0.4, 0.5) is 0 Å². The highest BCUT2D eigenvalue weighted by Crippen LogP contribution is 2.29. The Kier molecular flexibility index (Phi) is 4.71. The van der Waals surface area contributed by atoms with Gasteiger partial charge >= 0.3 is 0 Å². The van der Waals surface area contributed by atoms with Crippen molar-refractivity contribution < 1.29 is 4.79 Å². The van der Waals surface area contributed by atoms with Gasteiger partial charge in [-0.3, -0.25) is 4.79 Å². The van der Waals surface area contributed by atoms with Crippen LogP contribution in [0.2, 0.25) is 10.0 Å². The molecular weight excluding hydrogens is 283 g/mol. The Labute approximate surface area is 123 Å². The van der Waals surface area contributed by atoms with E-state index in [9.17, 15) is 4.79 Å². The molecule has 1 unspecified atom stereocenters. The smallest absolute Gasteiger partial charge is 0.223 e. The summed E-state index contributed by atoms with van der Waals surface area (Å²) in [5, 5.41) is 4.38. The predicted molar refractivity (Wildman–Crippen MR) is 78.6 cm³/mol. The second-order valence-corrected chi connectivity index (χ2v) is 5.92. The molecule has 0 aromatic heterocycles. The van der Waals surface area contributed by atoms with Crippen LogP contribution in [0.3, 0.4) is 0 Å². The Morgan fingerprint density at radius 1 is 1.47 bits per heavy atom. The van der Waals surface area contributed by atoms with Crippen LogP contribution in [0.5, 0.6) is 0 Å². The van der Waals surface area contributed by atoms with E-state index in [-0.39, 0.29) is 11.9 Å². The molecule has 1 aromatic rings. The first kappa shape index (κ1) is 14.6. The molecule has 0 saturated carbocycles. The monoisotopic (exact) mass is 300 g/mol. The molecule has 1 aromatic carbocycles. The highest BCUT2D eigenvalue weighted by Gasteiger charge is 2.25. The maximum absolute atomic E-state index is 12.2. The van der Waals surface area contributed by atoms with Crippen LogP contribution < -0.4 is 5.32 Å². The highest BCUT2D eigenvalue weighted by molar-refractivity contribution is 6.35. The van der Waals surface area contributed by atoms with E-state index < -0.39 is 0 Å². The fraction of sp³-hybridized carbons (Fsp3) is 0.500. The van der Waals surface area contributed by atoms with Crippen LogP contribution in [-0.4, -0.2) is 30.9 Å². The summed E-state index contributed by atoms with van der Waals surface area (Å²) in [5.74, 6) is 0.632. The lowest BCUT2D eigenvalue weighted by Gasteiger charge is -2.31. The molecule has 1 heterocycles. The van der Waals surface area contributed by atoms with Gasteiger partial charge in [-0.25, -0.2) is 0 Å². The Bertz CT molecular complexity index is 475. The lowest BCUT2D eigenvalue weighted by atomic mass is 9.98. The number of carbonyl (C=O) groups is 1. The van der Waals surface area contributed by atoms with Crippen LogP contribution >= 0.6 is 23.2 Å². The van der Waals surface area contributed by atoms with Crippen LogP contribution in [0.15, 0.2) is 18.2 Å². The number of nitrogens with zero attached hydrogens (tertiary/aromatic N) is 1. The largest absolute Gasteiger partial charge is 0.339 e. The van der Waals surface area contributed by atoms with Crippen LogP contribution in [0.25, 0.3) is 0 Å². The minimum Gasteiger partial charge on any atom is -0.339 e. The summed E-state index contributed by atoms with van der Waals surface area (Å²) in [7, 11) is 1.82. The van der Waals surface area contributed by atoms with Gasteiger partial charge in [-0.2, -0.15) is 0 Å². The molecule has 0 spiro atoms. The molecule has 0 bridgehead atoms. The van der Waals surface area contributed by atoms with E-state index in [0.717, 1.165) is 18.7 Å². The molecule has 1 fully saturated rings. The number of benzene rings is 1. The molecule has 5 heteroatoms. The normalized spacial score (nSPS) is 16.8. The molecule has 3 nitrogen and oxygen atoms in total. The average Bonchev–Trinajstić information content (AvgIpc) is 2.32. The van der Waals surface area contributed by atoms with E-state index in [1.807, 2.05) is 20.0 Å². The number of hydrogen-bond donors (Lipinski definition) is 1. The molecule has 1 atom stereocenters. The zero-order valence-corrected chi connectivity index (χ0v) is 12.6. The Morgan fingerprint density at radius 3 is 2.68 bits per heavy atom. The average molecular weight is 301 g/mol. The fourth-order valence-electron chi connectivity index (χ4n) is 2.15. The van der Waals surface area contributed by atoms with Gasteiger partial charge < -0.3 is 10.2 Å². The number of carbonyl (C=O) groups excluding carboxylic acids is 1. The van der Waals surface area contributed by atoms with Crippen LogP contribution in [0.1, 0.15) is 24.9 Å². The summed E-state index contributed by atoms with van der Waals surface area (Å²) in [6.45, 7) is 3.86. The van der Waals surface area contributed by atoms with Crippen molar-refractivity contribution in [3.8, 4) is 0 Å². The van der Waals surface area contributed by atoms with Crippen molar-refractivity contribution in [2.24, 2.45) is 5.92 Å². The number of amides is 1. The van der Waals surface area contributed by atoms with Crippen molar-refractivity contribution >= 4 is 29.1 Å². The minimum atomic E-state index is -0.0506. The first-order valence-electron chi connectivity index (χ1n) is 6.40. The van der Waals surface area contributed by atoms with E-state index >= 15 is 0 Å². The molecule has 0 aliphatic carbocycles. The van der Waals surface area contributed by atoms with E-state index in [1.54, 1.807) is 17.0 Å². The molecule has 2 rings (SSSR count). The number of rotatable bonds is 4. The third-order valence-electron chi connectivity index (χ3n) is 3.72. The number of hydrogen-bond acceptors (Lipinski definition) is 2. The molecule has 1 saturated heterocycles. The maximum atomic E-state index is 12.2.